The van der Waals surface area contributed by atoms with Crippen molar-refractivity contribution in [2.45, 2.75) is 18.9 Å². The molecule has 2 aliphatic rings. The van der Waals surface area contributed by atoms with Gasteiger partial charge in [-0.15, -0.1) is 0 Å². The fourth-order valence-electron chi connectivity index (χ4n) is 2.96. The van der Waals surface area contributed by atoms with Crippen LogP contribution in [0.4, 0.5) is 5.69 Å². The first kappa shape index (κ1) is 13.5. The number of piperazine rings is 1. The lowest BCUT2D eigenvalue weighted by molar-refractivity contribution is -0.384. The lowest BCUT2D eigenvalue weighted by atomic mass is 10.1. The quantitative estimate of drug-likeness (QED) is 0.601. The Morgan fingerprint density at radius 3 is 2.62 bits per heavy atom. The smallest absolute Gasteiger partial charge is 0.269 e. The maximum atomic E-state index is 12.4. The molecule has 7 heteroatoms. The number of benzene rings is 1. The van der Waals surface area contributed by atoms with E-state index in [4.69, 9.17) is 0 Å². The summed E-state index contributed by atoms with van der Waals surface area (Å²) >= 11 is 0. The molecule has 2 fully saturated rings. The lowest BCUT2D eigenvalue weighted by Gasteiger charge is -2.37. The minimum Gasteiger partial charge on any atom is -0.336 e. The highest BCUT2D eigenvalue weighted by atomic mass is 16.6. The van der Waals surface area contributed by atoms with Gasteiger partial charge in [0.1, 0.15) is 0 Å². The number of hydrogen-bond acceptors (Lipinski definition) is 4. The van der Waals surface area contributed by atoms with Gasteiger partial charge in [-0.05, 0) is 18.6 Å². The van der Waals surface area contributed by atoms with Crippen LogP contribution in [0, 0.1) is 10.1 Å². The Bertz CT molecular complexity index is 599. The molecular formula is C14H15N3O4. The van der Waals surface area contributed by atoms with Gasteiger partial charge in [0.2, 0.25) is 5.91 Å². The molecule has 1 unspecified atom stereocenters. The molecule has 0 N–H and O–H groups in total. The van der Waals surface area contributed by atoms with E-state index in [0.717, 1.165) is 6.42 Å². The molecule has 0 aromatic heterocycles. The monoisotopic (exact) mass is 289 g/mol. The molecule has 0 aliphatic carbocycles. The van der Waals surface area contributed by atoms with Crippen LogP contribution in [0.3, 0.4) is 0 Å². The van der Waals surface area contributed by atoms with Gasteiger partial charge in [0.05, 0.1) is 4.92 Å². The highest BCUT2D eigenvalue weighted by Gasteiger charge is 2.37. The van der Waals surface area contributed by atoms with Crippen molar-refractivity contribution >= 4 is 17.5 Å². The first-order chi connectivity index (χ1) is 10.1. The second kappa shape index (κ2) is 5.16. The van der Waals surface area contributed by atoms with Crippen LogP contribution in [0.15, 0.2) is 24.3 Å². The first-order valence-corrected chi connectivity index (χ1v) is 6.89. The zero-order valence-electron chi connectivity index (χ0n) is 11.4. The maximum absolute atomic E-state index is 12.4. The minimum atomic E-state index is -0.489. The third-order valence-electron chi connectivity index (χ3n) is 4.11. The van der Waals surface area contributed by atoms with E-state index in [1.807, 2.05) is 4.90 Å². The number of nitro groups is 1. The molecule has 2 aliphatic heterocycles. The molecule has 2 heterocycles. The number of nitro benzene ring substituents is 1. The molecule has 3 rings (SSSR count). The summed E-state index contributed by atoms with van der Waals surface area (Å²) in [5.41, 5.74) is 0.413. The van der Waals surface area contributed by atoms with Crippen molar-refractivity contribution in [3.8, 4) is 0 Å². The van der Waals surface area contributed by atoms with E-state index in [0.29, 0.717) is 31.6 Å². The Kier molecular flexibility index (Phi) is 3.32. The SMILES string of the molecule is O=C(c1ccc([N+](=O)[O-])cc1)N1CCN2C(=O)CCC2C1. The second-order valence-corrected chi connectivity index (χ2v) is 5.33. The zero-order chi connectivity index (χ0) is 15.0. The number of carbonyl (C=O) groups is 2. The summed E-state index contributed by atoms with van der Waals surface area (Å²) in [6, 6.07) is 5.75. The molecule has 1 atom stereocenters. The van der Waals surface area contributed by atoms with Crippen molar-refractivity contribution in [3.05, 3.63) is 39.9 Å². The summed E-state index contributed by atoms with van der Waals surface area (Å²) in [4.78, 5) is 37.7. The van der Waals surface area contributed by atoms with E-state index in [9.17, 15) is 19.7 Å². The Morgan fingerprint density at radius 2 is 1.95 bits per heavy atom. The largest absolute Gasteiger partial charge is 0.336 e. The highest BCUT2D eigenvalue weighted by molar-refractivity contribution is 5.94. The topological polar surface area (TPSA) is 83.8 Å². The predicted molar refractivity (Wildman–Crippen MR) is 73.7 cm³/mol. The molecule has 2 amide bonds. The Labute approximate surface area is 121 Å². The number of hydrogen-bond donors (Lipinski definition) is 0. The Balaban J connectivity index is 1.71. The van der Waals surface area contributed by atoms with Gasteiger partial charge in [-0.2, -0.15) is 0 Å². The van der Waals surface area contributed by atoms with Crippen LogP contribution >= 0.6 is 0 Å². The number of fused-ring (bicyclic) bond motifs is 1. The van der Waals surface area contributed by atoms with Crippen LogP contribution in [0.1, 0.15) is 23.2 Å². The summed E-state index contributed by atoms with van der Waals surface area (Å²) in [5, 5.41) is 10.6. The van der Waals surface area contributed by atoms with E-state index in [-0.39, 0.29) is 23.5 Å². The van der Waals surface area contributed by atoms with Crippen LogP contribution in [-0.4, -0.2) is 52.2 Å². The summed E-state index contributed by atoms with van der Waals surface area (Å²) in [5.74, 6) is 0.0336. The molecular weight excluding hydrogens is 274 g/mol. The number of non-ortho nitro benzene ring substituents is 1. The fraction of sp³-hybridized carbons (Fsp3) is 0.429. The first-order valence-electron chi connectivity index (χ1n) is 6.89. The summed E-state index contributed by atoms with van der Waals surface area (Å²) in [6.07, 6.45) is 1.35. The van der Waals surface area contributed by atoms with Crippen LogP contribution in [0.2, 0.25) is 0 Å². The molecule has 110 valence electrons. The number of nitrogens with zero attached hydrogens (tertiary/aromatic N) is 3. The van der Waals surface area contributed by atoms with Crippen LogP contribution in [0.5, 0.6) is 0 Å². The summed E-state index contributed by atoms with van der Waals surface area (Å²) in [7, 11) is 0. The number of carbonyl (C=O) groups excluding carboxylic acids is 2. The third kappa shape index (κ3) is 2.46. The normalized spacial score (nSPS) is 21.3. The second-order valence-electron chi connectivity index (χ2n) is 5.33. The molecule has 0 saturated carbocycles. The molecule has 0 spiro atoms. The molecule has 0 radical (unpaired) electrons. The number of rotatable bonds is 2. The van der Waals surface area contributed by atoms with Crippen molar-refractivity contribution in [2.75, 3.05) is 19.6 Å². The van der Waals surface area contributed by atoms with Gasteiger partial charge >= 0.3 is 0 Å². The van der Waals surface area contributed by atoms with E-state index in [2.05, 4.69) is 0 Å². The van der Waals surface area contributed by atoms with E-state index < -0.39 is 4.92 Å². The van der Waals surface area contributed by atoms with Gasteiger partial charge in [-0.3, -0.25) is 19.7 Å². The van der Waals surface area contributed by atoms with Crippen molar-refractivity contribution in [1.29, 1.82) is 0 Å². The molecule has 2 saturated heterocycles. The fourth-order valence-corrected chi connectivity index (χ4v) is 2.96. The van der Waals surface area contributed by atoms with Gasteiger partial charge in [-0.25, -0.2) is 0 Å². The molecule has 0 bridgehead atoms. The van der Waals surface area contributed by atoms with Gasteiger partial charge in [-0.1, -0.05) is 0 Å². The third-order valence-corrected chi connectivity index (χ3v) is 4.11. The number of amides is 2. The van der Waals surface area contributed by atoms with E-state index >= 15 is 0 Å². The van der Waals surface area contributed by atoms with Crippen molar-refractivity contribution in [2.24, 2.45) is 0 Å². The van der Waals surface area contributed by atoms with Gasteiger partial charge in [0, 0.05) is 49.8 Å². The Morgan fingerprint density at radius 1 is 1.24 bits per heavy atom. The van der Waals surface area contributed by atoms with Gasteiger partial charge in [0.15, 0.2) is 0 Å². The molecule has 1 aromatic rings. The molecule has 7 nitrogen and oxygen atoms in total. The summed E-state index contributed by atoms with van der Waals surface area (Å²) in [6.45, 7) is 1.63. The highest BCUT2D eigenvalue weighted by Crippen LogP contribution is 2.24. The van der Waals surface area contributed by atoms with Gasteiger partial charge < -0.3 is 9.80 Å². The maximum Gasteiger partial charge on any atom is 0.269 e. The zero-order valence-corrected chi connectivity index (χ0v) is 11.4. The predicted octanol–water partition coefficient (Wildman–Crippen LogP) is 1.04. The van der Waals surface area contributed by atoms with Crippen LogP contribution < -0.4 is 0 Å². The van der Waals surface area contributed by atoms with Crippen molar-refractivity contribution in [1.82, 2.24) is 9.80 Å². The lowest BCUT2D eigenvalue weighted by Crippen LogP contribution is -2.53. The van der Waals surface area contributed by atoms with Crippen LogP contribution in [0.25, 0.3) is 0 Å². The van der Waals surface area contributed by atoms with Crippen LogP contribution in [-0.2, 0) is 4.79 Å². The van der Waals surface area contributed by atoms with E-state index in [1.54, 1.807) is 4.90 Å². The average molecular weight is 289 g/mol. The standard InChI is InChI=1S/C14H15N3O4/c18-13-6-5-12-9-15(7-8-16(12)13)14(19)10-1-3-11(4-2-10)17(20)21/h1-4,12H,5-9H2. The summed E-state index contributed by atoms with van der Waals surface area (Å²) < 4.78 is 0. The minimum absolute atomic E-state index is 0.0299. The Hall–Kier alpha value is -2.44. The molecule has 1 aromatic carbocycles. The van der Waals surface area contributed by atoms with Gasteiger partial charge in [0.25, 0.3) is 11.6 Å². The average Bonchev–Trinajstić information content (AvgIpc) is 2.87. The van der Waals surface area contributed by atoms with Crippen molar-refractivity contribution in [3.63, 3.8) is 0 Å². The van der Waals surface area contributed by atoms with E-state index in [1.165, 1.54) is 24.3 Å². The molecule has 21 heavy (non-hydrogen) atoms. The van der Waals surface area contributed by atoms with Crippen molar-refractivity contribution < 1.29 is 14.5 Å².